The summed E-state index contributed by atoms with van der Waals surface area (Å²) in [6, 6.07) is 1.99. The lowest BCUT2D eigenvalue weighted by atomic mass is 10.3. The zero-order valence-electron chi connectivity index (χ0n) is 5.29. The van der Waals surface area contributed by atoms with Gasteiger partial charge < -0.3 is 5.32 Å². The molecule has 0 fully saturated rings. The van der Waals surface area contributed by atoms with E-state index in [-0.39, 0.29) is 0 Å². The predicted octanol–water partition coefficient (Wildman–Crippen LogP) is 1.98. The third-order valence-electron chi connectivity index (χ3n) is 1.36. The average Bonchev–Trinajstić information content (AvgIpc) is 2.36. The summed E-state index contributed by atoms with van der Waals surface area (Å²) in [6.45, 7) is 3.84. The summed E-state index contributed by atoms with van der Waals surface area (Å²) in [6.07, 6.45) is 1.66. The van der Waals surface area contributed by atoms with E-state index in [1.165, 1.54) is 0 Å². The molecule has 10 heavy (non-hydrogen) atoms. The third kappa shape index (κ3) is 0.675. The summed E-state index contributed by atoms with van der Waals surface area (Å²) in [4.78, 5) is 5.26. The van der Waals surface area contributed by atoms with E-state index in [2.05, 4.69) is 16.9 Å². The molecular weight excluding hydrogens is 144 g/mol. The Morgan fingerprint density at radius 1 is 1.60 bits per heavy atom. The molecular formula is C7H6N2S. The highest BCUT2D eigenvalue weighted by atomic mass is 32.1. The highest BCUT2D eigenvalue weighted by Gasteiger charge is 2.08. The quantitative estimate of drug-likeness (QED) is 0.601. The van der Waals surface area contributed by atoms with Crippen molar-refractivity contribution in [3.63, 3.8) is 0 Å². The van der Waals surface area contributed by atoms with Crippen LogP contribution in [0, 0.1) is 0 Å². The van der Waals surface area contributed by atoms with Crippen LogP contribution in [0.1, 0.15) is 4.88 Å². The molecule has 3 heteroatoms. The van der Waals surface area contributed by atoms with E-state index in [0.717, 1.165) is 16.3 Å². The average molecular weight is 150 g/mol. The van der Waals surface area contributed by atoms with Gasteiger partial charge >= 0.3 is 0 Å². The molecule has 0 spiro atoms. The summed E-state index contributed by atoms with van der Waals surface area (Å²) in [5.74, 6) is 0. The van der Waals surface area contributed by atoms with Crippen molar-refractivity contribution in [1.29, 1.82) is 0 Å². The largest absolute Gasteiger partial charge is 0.346 e. The molecule has 0 aliphatic carbocycles. The van der Waals surface area contributed by atoms with Crippen LogP contribution in [0.3, 0.4) is 0 Å². The molecule has 0 unspecified atom stereocenters. The van der Waals surface area contributed by atoms with Crippen molar-refractivity contribution in [1.82, 2.24) is 5.32 Å². The first-order chi connectivity index (χ1) is 4.88. The molecule has 2 heterocycles. The van der Waals surface area contributed by atoms with E-state index in [1.54, 1.807) is 17.7 Å². The first-order valence-corrected chi connectivity index (χ1v) is 3.82. The zero-order chi connectivity index (χ0) is 6.97. The molecule has 1 aliphatic heterocycles. The molecule has 0 saturated heterocycles. The molecule has 1 aromatic rings. The van der Waals surface area contributed by atoms with Crippen molar-refractivity contribution in [3.8, 4) is 0 Å². The van der Waals surface area contributed by atoms with Gasteiger partial charge in [-0.1, -0.05) is 6.58 Å². The smallest absolute Gasteiger partial charge is 0.0931 e. The van der Waals surface area contributed by atoms with E-state index in [1.807, 2.05) is 11.4 Å². The van der Waals surface area contributed by atoms with Crippen molar-refractivity contribution >= 4 is 29.1 Å². The Hall–Kier alpha value is -1.09. The molecule has 0 amide bonds. The molecule has 0 atom stereocenters. The van der Waals surface area contributed by atoms with Gasteiger partial charge in [-0.15, -0.1) is 11.3 Å². The summed E-state index contributed by atoms with van der Waals surface area (Å²) < 4.78 is 0. The monoisotopic (exact) mass is 150 g/mol. The van der Waals surface area contributed by atoms with Crippen LogP contribution in [0.25, 0.3) is 5.70 Å². The Kier molecular flexibility index (Phi) is 1.11. The standard InChI is InChI=1S/C7H6N2S/c1-5-7-6(2-3-10-7)9-4-8-5/h2-4H,1H2,(H,8,9). The van der Waals surface area contributed by atoms with Crippen LogP contribution in [0.4, 0.5) is 5.69 Å². The molecule has 0 saturated carbocycles. The van der Waals surface area contributed by atoms with E-state index >= 15 is 0 Å². The molecule has 1 aromatic heterocycles. The molecule has 1 aliphatic rings. The molecule has 2 nitrogen and oxygen atoms in total. The number of nitrogens with zero attached hydrogens (tertiary/aromatic N) is 1. The number of fused-ring (bicyclic) bond motifs is 1. The molecule has 1 N–H and O–H groups in total. The maximum absolute atomic E-state index is 4.12. The van der Waals surface area contributed by atoms with E-state index in [9.17, 15) is 0 Å². The SMILES string of the molecule is C=C1NC=Nc2ccsc21. The van der Waals surface area contributed by atoms with Gasteiger partial charge in [0.25, 0.3) is 0 Å². The van der Waals surface area contributed by atoms with E-state index in [0.29, 0.717) is 0 Å². The highest BCUT2D eigenvalue weighted by Crippen LogP contribution is 2.31. The first-order valence-electron chi connectivity index (χ1n) is 2.94. The van der Waals surface area contributed by atoms with Crippen molar-refractivity contribution in [2.24, 2.45) is 4.99 Å². The Balaban J connectivity index is 2.62. The minimum Gasteiger partial charge on any atom is -0.346 e. The van der Waals surface area contributed by atoms with Gasteiger partial charge in [0, 0.05) is 0 Å². The van der Waals surface area contributed by atoms with Gasteiger partial charge in [0.1, 0.15) is 0 Å². The normalized spacial score (nSPS) is 14.6. The second kappa shape index (κ2) is 1.95. The number of thiophene rings is 1. The Morgan fingerprint density at radius 3 is 3.30 bits per heavy atom. The molecule has 0 aromatic carbocycles. The lowest BCUT2D eigenvalue weighted by Gasteiger charge is -2.07. The lowest BCUT2D eigenvalue weighted by molar-refractivity contribution is 1.30. The second-order valence-corrected chi connectivity index (χ2v) is 2.93. The Bertz CT molecular complexity index is 298. The molecule has 50 valence electrons. The van der Waals surface area contributed by atoms with Gasteiger partial charge in [0.2, 0.25) is 0 Å². The lowest BCUT2D eigenvalue weighted by Crippen LogP contribution is -2.10. The summed E-state index contributed by atoms with van der Waals surface area (Å²) in [7, 11) is 0. The zero-order valence-corrected chi connectivity index (χ0v) is 6.11. The molecule has 0 bridgehead atoms. The second-order valence-electron chi connectivity index (χ2n) is 2.02. The first kappa shape index (κ1) is 5.68. The van der Waals surface area contributed by atoms with Crippen LogP contribution in [0.2, 0.25) is 0 Å². The minimum absolute atomic E-state index is 0.944. The van der Waals surface area contributed by atoms with Crippen molar-refractivity contribution in [3.05, 3.63) is 22.9 Å². The van der Waals surface area contributed by atoms with Crippen molar-refractivity contribution in [2.45, 2.75) is 0 Å². The van der Waals surface area contributed by atoms with Crippen molar-refractivity contribution < 1.29 is 0 Å². The van der Waals surface area contributed by atoms with Crippen LogP contribution in [0.5, 0.6) is 0 Å². The van der Waals surface area contributed by atoms with Gasteiger partial charge in [-0.3, -0.25) is 0 Å². The fourth-order valence-corrected chi connectivity index (χ4v) is 1.65. The van der Waals surface area contributed by atoms with Gasteiger partial charge in [-0.25, -0.2) is 4.99 Å². The molecule has 2 rings (SSSR count). The van der Waals surface area contributed by atoms with E-state index < -0.39 is 0 Å². The number of hydrogen-bond acceptors (Lipinski definition) is 3. The van der Waals surface area contributed by atoms with E-state index in [4.69, 9.17) is 0 Å². The van der Waals surface area contributed by atoms with Crippen LogP contribution in [0.15, 0.2) is 23.0 Å². The van der Waals surface area contributed by atoms with Crippen LogP contribution < -0.4 is 5.32 Å². The fraction of sp³-hybridized carbons (Fsp3) is 0. The number of aliphatic imine (C=N–C) groups is 1. The Labute approximate surface area is 62.9 Å². The van der Waals surface area contributed by atoms with Gasteiger partial charge in [-0.05, 0) is 11.4 Å². The van der Waals surface area contributed by atoms with Crippen LogP contribution in [-0.4, -0.2) is 6.34 Å². The van der Waals surface area contributed by atoms with Crippen LogP contribution >= 0.6 is 11.3 Å². The van der Waals surface area contributed by atoms with Gasteiger partial charge in [0.05, 0.1) is 22.6 Å². The number of nitrogens with one attached hydrogen (secondary N) is 1. The maximum atomic E-state index is 4.12. The van der Waals surface area contributed by atoms with Crippen molar-refractivity contribution in [2.75, 3.05) is 0 Å². The fourth-order valence-electron chi connectivity index (χ4n) is 0.875. The third-order valence-corrected chi connectivity index (χ3v) is 2.32. The van der Waals surface area contributed by atoms with Gasteiger partial charge in [0.15, 0.2) is 0 Å². The summed E-state index contributed by atoms with van der Waals surface area (Å²) in [5.41, 5.74) is 1.97. The topological polar surface area (TPSA) is 24.4 Å². The summed E-state index contributed by atoms with van der Waals surface area (Å²) in [5, 5.41) is 4.96. The van der Waals surface area contributed by atoms with Crippen LogP contribution in [-0.2, 0) is 0 Å². The number of hydrogen-bond donors (Lipinski definition) is 1. The highest BCUT2D eigenvalue weighted by molar-refractivity contribution is 7.11. The summed E-state index contributed by atoms with van der Waals surface area (Å²) >= 11 is 1.66. The minimum atomic E-state index is 0.944. The maximum Gasteiger partial charge on any atom is 0.0931 e. The Morgan fingerprint density at radius 2 is 2.50 bits per heavy atom. The predicted molar refractivity (Wildman–Crippen MR) is 44.6 cm³/mol. The number of rotatable bonds is 0. The molecule has 0 radical (unpaired) electrons. The van der Waals surface area contributed by atoms with Gasteiger partial charge in [-0.2, -0.15) is 0 Å².